The van der Waals surface area contributed by atoms with E-state index in [-0.39, 0.29) is 6.42 Å². The third-order valence-electron chi connectivity index (χ3n) is 0.999. The number of ether oxygens (including phenoxy) is 1. The van der Waals surface area contributed by atoms with Crippen molar-refractivity contribution in [3.8, 4) is 0 Å². The molecule has 4 heteroatoms. The van der Waals surface area contributed by atoms with Gasteiger partial charge in [-0.25, -0.2) is 4.79 Å². The van der Waals surface area contributed by atoms with Gasteiger partial charge in [0, 0.05) is 0 Å². The number of hydrogen-bond acceptors (Lipinski definition) is 4. The van der Waals surface area contributed by atoms with Crippen molar-refractivity contribution in [2.24, 2.45) is 5.73 Å². The number of aliphatic hydroxyl groups is 1. The molecule has 1 unspecified atom stereocenters. The monoisotopic (exact) mass is 147 g/mol. The molecule has 0 aromatic heterocycles. The second-order valence-corrected chi connectivity index (χ2v) is 1.85. The van der Waals surface area contributed by atoms with E-state index in [1.54, 1.807) is 6.92 Å². The lowest BCUT2D eigenvalue weighted by atomic mass is 10.2. The first kappa shape index (κ1) is 9.39. The maximum atomic E-state index is 10.6. The first-order valence-electron chi connectivity index (χ1n) is 3.27. The third-order valence-corrected chi connectivity index (χ3v) is 0.999. The standard InChI is InChI=1S/C6H13NO3/c1-2-10-6(9)5(8)3-4-7/h5,8H,2-4,7H2,1H3. The summed E-state index contributed by atoms with van der Waals surface area (Å²) in [5.41, 5.74) is 5.10. The number of hydrogen-bond donors (Lipinski definition) is 2. The maximum absolute atomic E-state index is 10.6. The van der Waals surface area contributed by atoms with E-state index in [0.29, 0.717) is 13.2 Å². The van der Waals surface area contributed by atoms with E-state index in [1.165, 1.54) is 0 Å². The molecule has 0 aliphatic heterocycles. The number of esters is 1. The molecule has 0 rings (SSSR count). The zero-order valence-electron chi connectivity index (χ0n) is 6.04. The normalized spacial score (nSPS) is 12.7. The molecule has 10 heavy (non-hydrogen) atoms. The summed E-state index contributed by atoms with van der Waals surface area (Å²) in [7, 11) is 0. The first-order chi connectivity index (χ1) is 4.72. The fraction of sp³-hybridized carbons (Fsp3) is 0.833. The molecule has 0 bridgehead atoms. The lowest BCUT2D eigenvalue weighted by Gasteiger charge is -2.06. The zero-order chi connectivity index (χ0) is 7.98. The highest BCUT2D eigenvalue weighted by atomic mass is 16.5. The molecular formula is C6H13NO3. The Balaban J connectivity index is 3.49. The number of nitrogens with two attached hydrogens (primary N) is 1. The predicted octanol–water partition coefficient (Wildman–Crippen LogP) is -0.741. The average molecular weight is 147 g/mol. The molecule has 4 nitrogen and oxygen atoms in total. The van der Waals surface area contributed by atoms with Crippen LogP contribution in [0.4, 0.5) is 0 Å². The van der Waals surface area contributed by atoms with Crippen molar-refractivity contribution in [2.75, 3.05) is 13.2 Å². The van der Waals surface area contributed by atoms with Crippen molar-refractivity contribution in [3.63, 3.8) is 0 Å². The summed E-state index contributed by atoms with van der Waals surface area (Å²) < 4.78 is 4.51. The topological polar surface area (TPSA) is 72.5 Å². The highest BCUT2D eigenvalue weighted by molar-refractivity contribution is 5.74. The Hall–Kier alpha value is -0.610. The Kier molecular flexibility index (Phi) is 4.88. The Bertz CT molecular complexity index is 105. The van der Waals surface area contributed by atoms with Gasteiger partial charge in [-0.1, -0.05) is 0 Å². The van der Waals surface area contributed by atoms with Crippen LogP contribution in [0.25, 0.3) is 0 Å². The van der Waals surface area contributed by atoms with Crippen LogP contribution < -0.4 is 5.73 Å². The van der Waals surface area contributed by atoms with Crippen molar-refractivity contribution >= 4 is 5.97 Å². The molecule has 0 amide bonds. The average Bonchev–Trinajstić information content (AvgIpc) is 1.89. The number of carbonyl (C=O) groups is 1. The van der Waals surface area contributed by atoms with Crippen LogP contribution in [0.2, 0.25) is 0 Å². The minimum atomic E-state index is -1.05. The fourth-order valence-electron chi connectivity index (χ4n) is 0.514. The lowest BCUT2D eigenvalue weighted by Crippen LogP contribution is -2.25. The molecule has 0 spiro atoms. The molecule has 0 aliphatic rings. The molecule has 0 radical (unpaired) electrons. The van der Waals surface area contributed by atoms with E-state index in [1.807, 2.05) is 0 Å². The predicted molar refractivity (Wildman–Crippen MR) is 36.3 cm³/mol. The van der Waals surface area contributed by atoms with Gasteiger partial charge in [0.15, 0.2) is 6.10 Å². The third kappa shape index (κ3) is 3.42. The second-order valence-electron chi connectivity index (χ2n) is 1.85. The van der Waals surface area contributed by atoms with Crippen LogP contribution in [-0.2, 0) is 9.53 Å². The van der Waals surface area contributed by atoms with Crippen molar-refractivity contribution in [1.29, 1.82) is 0 Å². The zero-order valence-corrected chi connectivity index (χ0v) is 6.04. The molecule has 0 aromatic carbocycles. The summed E-state index contributed by atoms with van der Waals surface area (Å²) >= 11 is 0. The van der Waals surface area contributed by atoms with Gasteiger partial charge in [0.05, 0.1) is 6.61 Å². The lowest BCUT2D eigenvalue weighted by molar-refractivity contribution is -0.153. The van der Waals surface area contributed by atoms with Gasteiger partial charge < -0.3 is 15.6 Å². The van der Waals surface area contributed by atoms with Crippen molar-refractivity contribution in [3.05, 3.63) is 0 Å². The van der Waals surface area contributed by atoms with Gasteiger partial charge in [0.1, 0.15) is 0 Å². The van der Waals surface area contributed by atoms with Gasteiger partial charge in [-0.3, -0.25) is 0 Å². The molecule has 0 heterocycles. The summed E-state index contributed by atoms with van der Waals surface area (Å²) in [6.07, 6.45) is -0.788. The van der Waals surface area contributed by atoms with Gasteiger partial charge in [-0.15, -0.1) is 0 Å². The van der Waals surface area contributed by atoms with E-state index in [4.69, 9.17) is 10.8 Å². The second kappa shape index (κ2) is 5.20. The molecule has 60 valence electrons. The molecule has 0 fully saturated rings. The van der Waals surface area contributed by atoms with E-state index >= 15 is 0 Å². The summed E-state index contributed by atoms with van der Waals surface area (Å²) in [4.78, 5) is 10.6. The fourth-order valence-corrected chi connectivity index (χ4v) is 0.514. The van der Waals surface area contributed by atoms with Gasteiger partial charge in [0.25, 0.3) is 0 Å². The van der Waals surface area contributed by atoms with Crippen LogP contribution in [0.1, 0.15) is 13.3 Å². The molecule has 0 aromatic rings. The van der Waals surface area contributed by atoms with E-state index < -0.39 is 12.1 Å². The Morgan fingerprint density at radius 3 is 2.80 bits per heavy atom. The largest absolute Gasteiger partial charge is 0.464 e. The number of carbonyl (C=O) groups excluding carboxylic acids is 1. The van der Waals surface area contributed by atoms with Crippen molar-refractivity contribution in [2.45, 2.75) is 19.4 Å². The minimum absolute atomic E-state index is 0.263. The SMILES string of the molecule is CCOC(=O)C(O)CCN. The van der Waals surface area contributed by atoms with E-state index in [0.717, 1.165) is 0 Å². The molecule has 0 saturated carbocycles. The molecule has 0 aliphatic carbocycles. The summed E-state index contributed by atoms with van der Waals surface area (Å²) in [5, 5.41) is 8.89. The van der Waals surface area contributed by atoms with Crippen LogP contribution >= 0.6 is 0 Å². The van der Waals surface area contributed by atoms with Gasteiger partial charge >= 0.3 is 5.97 Å². The molecule has 1 atom stereocenters. The van der Waals surface area contributed by atoms with Gasteiger partial charge in [0.2, 0.25) is 0 Å². The Labute approximate surface area is 60.0 Å². The van der Waals surface area contributed by atoms with Gasteiger partial charge in [-0.2, -0.15) is 0 Å². The van der Waals surface area contributed by atoms with E-state index in [2.05, 4.69) is 4.74 Å². The van der Waals surface area contributed by atoms with Crippen LogP contribution in [-0.4, -0.2) is 30.3 Å². The van der Waals surface area contributed by atoms with Crippen LogP contribution in [0.3, 0.4) is 0 Å². The number of rotatable bonds is 4. The highest BCUT2D eigenvalue weighted by Gasteiger charge is 2.13. The van der Waals surface area contributed by atoms with E-state index in [9.17, 15) is 4.79 Å². The van der Waals surface area contributed by atoms with Crippen LogP contribution in [0.15, 0.2) is 0 Å². The van der Waals surface area contributed by atoms with Crippen molar-refractivity contribution < 1.29 is 14.6 Å². The minimum Gasteiger partial charge on any atom is -0.464 e. The first-order valence-corrected chi connectivity index (χ1v) is 3.27. The van der Waals surface area contributed by atoms with Crippen LogP contribution in [0.5, 0.6) is 0 Å². The maximum Gasteiger partial charge on any atom is 0.334 e. The smallest absolute Gasteiger partial charge is 0.334 e. The molecule has 3 N–H and O–H groups in total. The van der Waals surface area contributed by atoms with Gasteiger partial charge in [-0.05, 0) is 19.9 Å². The highest BCUT2D eigenvalue weighted by Crippen LogP contribution is 1.92. The van der Waals surface area contributed by atoms with Crippen molar-refractivity contribution in [1.82, 2.24) is 0 Å². The Morgan fingerprint density at radius 1 is 1.80 bits per heavy atom. The van der Waals surface area contributed by atoms with Crippen LogP contribution in [0, 0.1) is 0 Å². The summed E-state index contributed by atoms with van der Waals surface area (Å²) in [6.45, 7) is 2.27. The molecule has 0 saturated heterocycles. The Morgan fingerprint density at radius 2 is 2.40 bits per heavy atom. The summed E-state index contributed by atoms with van der Waals surface area (Å²) in [5.74, 6) is -0.590. The molecular weight excluding hydrogens is 134 g/mol. The quantitative estimate of drug-likeness (QED) is 0.514. The number of aliphatic hydroxyl groups excluding tert-OH is 1. The summed E-state index contributed by atoms with van der Waals surface area (Å²) in [6, 6.07) is 0.